The fourth-order valence-electron chi connectivity index (χ4n) is 2.18. The van der Waals surface area contributed by atoms with Crippen molar-refractivity contribution in [2.45, 2.75) is 25.4 Å². The van der Waals surface area contributed by atoms with Crippen LogP contribution in [0.5, 0.6) is 0 Å². The fraction of sp³-hybridized carbons (Fsp3) is 0.462. The van der Waals surface area contributed by atoms with E-state index in [1.54, 1.807) is 30.4 Å². The Kier molecular flexibility index (Phi) is 3.18. The first-order valence-corrected chi connectivity index (χ1v) is 6.03. The number of aromatic nitrogens is 1. The molecule has 1 unspecified atom stereocenters. The van der Waals surface area contributed by atoms with E-state index in [0.717, 1.165) is 5.56 Å². The quantitative estimate of drug-likeness (QED) is 0.893. The third kappa shape index (κ3) is 2.14. The van der Waals surface area contributed by atoms with Gasteiger partial charge >= 0.3 is 12.0 Å². The number of likely N-dealkylation sites (N-methyl/N-ethyl adjacent to an activating group) is 1. The molecule has 2 heterocycles. The zero-order valence-corrected chi connectivity index (χ0v) is 11.2. The number of carboxylic acids is 1. The van der Waals surface area contributed by atoms with E-state index >= 15 is 0 Å². The Hall–Kier alpha value is -2.11. The van der Waals surface area contributed by atoms with E-state index in [1.807, 2.05) is 6.07 Å². The normalized spacial score (nSPS) is 19.9. The smallest absolute Gasteiger partial charge is 0.329 e. The van der Waals surface area contributed by atoms with E-state index in [1.165, 1.54) is 18.7 Å². The number of hydrogen-bond acceptors (Lipinski definition) is 3. The number of rotatable bonds is 3. The second-order valence-electron chi connectivity index (χ2n) is 5.17. The summed E-state index contributed by atoms with van der Waals surface area (Å²) in [4.78, 5) is 30.5. The second-order valence-corrected chi connectivity index (χ2v) is 5.17. The Labute approximate surface area is 111 Å². The average molecular weight is 263 g/mol. The predicted octanol–water partition coefficient (Wildman–Crippen LogP) is 1.35. The molecule has 1 atom stereocenters. The van der Waals surface area contributed by atoms with Crippen molar-refractivity contribution in [3.63, 3.8) is 0 Å². The third-order valence-electron chi connectivity index (χ3n) is 3.62. The molecule has 1 aromatic rings. The van der Waals surface area contributed by atoms with Crippen LogP contribution in [-0.2, 0) is 4.79 Å². The molecule has 0 aliphatic carbocycles. The summed E-state index contributed by atoms with van der Waals surface area (Å²) < 4.78 is 0. The Morgan fingerprint density at radius 2 is 2.21 bits per heavy atom. The van der Waals surface area contributed by atoms with Gasteiger partial charge in [-0.3, -0.25) is 4.98 Å². The van der Waals surface area contributed by atoms with Crippen molar-refractivity contribution < 1.29 is 14.7 Å². The predicted molar refractivity (Wildman–Crippen MR) is 68.6 cm³/mol. The highest BCUT2D eigenvalue weighted by Crippen LogP contribution is 2.32. The van der Waals surface area contributed by atoms with E-state index in [9.17, 15) is 14.7 Å². The van der Waals surface area contributed by atoms with Crippen LogP contribution >= 0.6 is 0 Å². The number of pyridine rings is 1. The molecule has 1 aliphatic rings. The lowest BCUT2D eigenvalue weighted by Crippen LogP contribution is -2.51. The monoisotopic (exact) mass is 263 g/mol. The van der Waals surface area contributed by atoms with Crippen LogP contribution in [0.2, 0.25) is 0 Å². The molecule has 0 spiro atoms. The van der Waals surface area contributed by atoms with Crippen molar-refractivity contribution in [3.05, 3.63) is 30.1 Å². The molecule has 102 valence electrons. The Bertz CT molecular complexity index is 501. The highest BCUT2D eigenvalue weighted by Gasteiger charge is 2.46. The van der Waals surface area contributed by atoms with Gasteiger partial charge in [0, 0.05) is 26.0 Å². The van der Waals surface area contributed by atoms with Gasteiger partial charge in [0.1, 0.15) is 5.54 Å². The number of amides is 2. The van der Waals surface area contributed by atoms with Gasteiger partial charge in [0.05, 0.1) is 6.04 Å². The second kappa shape index (κ2) is 4.53. The van der Waals surface area contributed by atoms with Crippen LogP contribution in [0.3, 0.4) is 0 Å². The average Bonchev–Trinajstić information content (AvgIpc) is 2.68. The van der Waals surface area contributed by atoms with E-state index in [0.29, 0.717) is 6.54 Å². The number of urea groups is 1. The van der Waals surface area contributed by atoms with Gasteiger partial charge in [-0.05, 0) is 25.5 Å². The molecule has 19 heavy (non-hydrogen) atoms. The lowest BCUT2D eigenvalue weighted by molar-refractivity contribution is -0.147. The number of nitrogens with zero attached hydrogens (tertiary/aromatic N) is 3. The lowest BCUT2D eigenvalue weighted by atomic mass is 10.0. The van der Waals surface area contributed by atoms with Crippen LogP contribution in [-0.4, -0.2) is 51.0 Å². The standard InChI is InChI=1S/C13H17N3O3/c1-13(2,11(17)18)16-8-10(15(3)12(16)19)9-5-4-6-14-7-9/h4-7,10H,8H2,1-3H3,(H,17,18). The van der Waals surface area contributed by atoms with Crippen molar-refractivity contribution >= 4 is 12.0 Å². The van der Waals surface area contributed by atoms with Gasteiger partial charge in [-0.15, -0.1) is 0 Å². The summed E-state index contributed by atoms with van der Waals surface area (Å²) >= 11 is 0. The number of carbonyl (C=O) groups excluding carboxylic acids is 1. The van der Waals surface area contributed by atoms with Crippen LogP contribution in [0, 0.1) is 0 Å². The van der Waals surface area contributed by atoms with Crippen LogP contribution in [0.25, 0.3) is 0 Å². The molecule has 0 radical (unpaired) electrons. The summed E-state index contributed by atoms with van der Waals surface area (Å²) in [7, 11) is 1.68. The number of carboxylic acid groups (broad SMARTS) is 1. The van der Waals surface area contributed by atoms with Crippen LogP contribution in [0.15, 0.2) is 24.5 Å². The molecule has 6 heteroatoms. The summed E-state index contributed by atoms with van der Waals surface area (Å²) in [6.07, 6.45) is 3.37. The SMILES string of the molecule is CN1C(=O)N(C(C)(C)C(=O)O)CC1c1cccnc1. The topological polar surface area (TPSA) is 73.7 Å². The summed E-state index contributed by atoms with van der Waals surface area (Å²) in [6, 6.07) is 3.25. The van der Waals surface area contributed by atoms with E-state index < -0.39 is 11.5 Å². The molecule has 2 rings (SSSR count). The van der Waals surface area contributed by atoms with Gasteiger partial charge in [-0.2, -0.15) is 0 Å². The molecule has 1 aromatic heterocycles. The van der Waals surface area contributed by atoms with E-state index in [-0.39, 0.29) is 12.1 Å². The Balaban J connectivity index is 2.30. The molecule has 1 N–H and O–H groups in total. The largest absolute Gasteiger partial charge is 0.480 e. The molecule has 0 saturated carbocycles. The summed E-state index contributed by atoms with van der Waals surface area (Å²) in [5.41, 5.74) is -0.315. The molecule has 1 saturated heterocycles. The molecule has 1 fully saturated rings. The van der Waals surface area contributed by atoms with Crippen molar-refractivity contribution in [1.82, 2.24) is 14.8 Å². The maximum atomic E-state index is 12.2. The first-order chi connectivity index (χ1) is 8.85. The molecule has 1 aliphatic heterocycles. The zero-order chi connectivity index (χ0) is 14.2. The van der Waals surface area contributed by atoms with Gasteiger partial charge in [0.25, 0.3) is 0 Å². The van der Waals surface area contributed by atoms with E-state index in [2.05, 4.69) is 4.98 Å². The Morgan fingerprint density at radius 3 is 2.74 bits per heavy atom. The van der Waals surface area contributed by atoms with Crippen LogP contribution in [0.4, 0.5) is 4.79 Å². The maximum Gasteiger partial charge on any atom is 0.329 e. The van der Waals surface area contributed by atoms with Gasteiger partial charge in [0.2, 0.25) is 0 Å². The minimum Gasteiger partial charge on any atom is -0.480 e. The first-order valence-electron chi connectivity index (χ1n) is 6.03. The van der Waals surface area contributed by atoms with Crippen molar-refractivity contribution in [2.24, 2.45) is 0 Å². The zero-order valence-electron chi connectivity index (χ0n) is 11.2. The molecular formula is C13H17N3O3. The van der Waals surface area contributed by atoms with Crippen molar-refractivity contribution in [2.75, 3.05) is 13.6 Å². The van der Waals surface area contributed by atoms with Gasteiger partial charge < -0.3 is 14.9 Å². The lowest BCUT2D eigenvalue weighted by Gasteiger charge is -2.30. The van der Waals surface area contributed by atoms with Gasteiger partial charge in [-0.1, -0.05) is 6.07 Å². The van der Waals surface area contributed by atoms with Crippen molar-refractivity contribution in [1.29, 1.82) is 0 Å². The third-order valence-corrected chi connectivity index (χ3v) is 3.62. The number of hydrogen-bond donors (Lipinski definition) is 1. The highest BCUT2D eigenvalue weighted by molar-refractivity contribution is 5.87. The molecule has 6 nitrogen and oxygen atoms in total. The maximum absolute atomic E-state index is 12.2. The minimum absolute atomic E-state index is 0.167. The molecule has 0 aromatic carbocycles. The molecule has 2 amide bonds. The van der Waals surface area contributed by atoms with Crippen LogP contribution < -0.4 is 0 Å². The molecular weight excluding hydrogens is 246 g/mol. The van der Waals surface area contributed by atoms with Crippen LogP contribution in [0.1, 0.15) is 25.5 Å². The summed E-state index contributed by atoms with van der Waals surface area (Å²) in [5, 5.41) is 9.24. The summed E-state index contributed by atoms with van der Waals surface area (Å²) in [5.74, 6) is -1.01. The minimum atomic E-state index is -1.22. The number of carbonyl (C=O) groups is 2. The van der Waals surface area contributed by atoms with E-state index in [4.69, 9.17) is 0 Å². The van der Waals surface area contributed by atoms with Gasteiger partial charge in [-0.25, -0.2) is 9.59 Å². The number of aliphatic carboxylic acids is 1. The molecule has 0 bridgehead atoms. The van der Waals surface area contributed by atoms with Gasteiger partial charge in [0.15, 0.2) is 0 Å². The highest BCUT2D eigenvalue weighted by atomic mass is 16.4. The van der Waals surface area contributed by atoms with Crippen molar-refractivity contribution in [3.8, 4) is 0 Å². The Morgan fingerprint density at radius 1 is 1.53 bits per heavy atom. The fourth-order valence-corrected chi connectivity index (χ4v) is 2.18. The first kappa shape index (κ1) is 13.3. The summed E-state index contributed by atoms with van der Waals surface area (Å²) in [6.45, 7) is 3.42.